The van der Waals surface area contributed by atoms with Crippen molar-refractivity contribution in [2.75, 3.05) is 11.1 Å². The number of hydrogen-bond acceptors (Lipinski definition) is 6. The first-order chi connectivity index (χ1) is 15.7. The van der Waals surface area contributed by atoms with Crippen molar-refractivity contribution >= 4 is 23.5 Å². The molecule has 32 heavy (non-hydrogen) atoms. The number of amides is 1. The van der Waals surface area contributed by atoms with Crippen molar-refractivity contribution in [2.24, 2.45) is 5.92 Å². The van der Waals surface area contributed by atoms with E-state index < -0.39 is 0 Å². The average Bonchev–Trinajstić information content (AvgIpc) is 3.45. The molecule has 0 unspecified atom stereocenters. The summed E-state index contributed by atoms with van der Waals surface area (Å²) in [7, 11) is 0. The number of carbonyl (C=O) groups excluding carboxylic acids is 1. The van der Waals surface area contributed by atoms with Gasteiger partial charge >= 0.3 is 0 Å². The maximum Gasteiger partial charge on any atom is 0.236 e. The quantitative estimate of drug-likeness (QED) is 0.413. The SMILES string of the molecule is Cc1cnn(CC2CC2)c1NC(=O)CSc1nnc(-c2cccnc2)n1-c1ccccc1. The van der Waals surface area contributed by atoms with Crippen LogP contribution in [-0.4, -0.2) is 41.2 Å². The van der Waals surface area contributed by atoms with Gasteiger partial charge in [0.15, 0.2) is 11.0 Å². The van der Waals surface area contributed by atoms with Crippen molar-refractivity contribution in [1.29, 1.82) is 0 Å². The summed E-state index contributed by atoms with van der Waals surface area (Å²) in [6.45, 7) is 2.82. The fraction of sp³-hybridized carbons (Fsp3) is 0.261. The van der Waals surface area contributed by atoms with Crippen LogP contribution in [0, 0.1) is 12.8 Å². The fourth-order valence-electron chi connectivity index (χ4n) is 3.48. The van der Waals surface area contributed by atoms with E-state index in [1.807, 2.05) is 58.6 Å². The van der Waals surface area contributed by atoms with Crippen molar-refractivity contribution < 1.29 is 4.79 Å². The van der Waals surface area contributed by atoms with Gasteiger partial charge < -0.3 is 5.32 Å². The van der Waals surface area contributed by atoms with Gasteiger partial charge in [0.1, 0.15) is 5.82 Å². The summed E-state index contributed by atoms with van der Waals surface area (Å²) in [5.41, 5.74) is 2.76. The number of pyridine rings is 1. The summed E-state index contributed by atoms with van der Waals surface area (Å²) in [6, 6.07) is 13.7. The minimum absolute atomic E-state index is 0.0961. The molecule has 1 N–H and O–H groups in total. The predicted octanol–water partition coefficient (Wildman–Crippen LogP) is 3.98. The first-order valence-corrected chi connectivity index (χ1v) is 11.5. The van der Waals surface area contributed by atoms with Gasteiger partial charge in [0, 0.05) is 35.8 Å². The van der Waals surface area contributed by atoms with Gasteiger partial charge in [0.2, 0.25) is 5.91 Å². The Hall–Kier alpha value is -3.46. The molecule has 1 aliphatic rings. The molecule has 0 spiro atoms. The van der Waals surface area contributed by atoms with Gasteiger partial charge in [-0.1, -0.05) is 30.0 Å². The summed E-state index contributed by atoms with van der Waals surface area (Å²) in [5, 5.41) is 16.9. The number of carbonyl (C=O) groups is 1. The number of rotatable bonds is 8. The summed E-state index contributed by atoms with van der Waals surface area (Å²) < 4.78 is 3.86. The van der Waals surface area contributed by atoms with Crippen LogP contribution in [0.5, 0.6) is 0 Å². The lowest BCUT2D eigenvalue weighted by Crippen LogP contribution is -2.19. The van der Waals surface area contributed by atoms with Gasteiger partial charge in [-0.05, 0) is 49.9 Å². The zero-order valence-corrected chi connectivity index (χ0v) is 18.5. The van der Waals surface area contributed by atoms with E-state index in [2.05, 4.69) is 25.6 Å². The van der Waals surface area contributed by atoms with E-state index in [9.17, 15) is 4.79 Å². The monoisotopic (exact) mass is 445 g/mol. The number of hydrogen-bond donors (Lipinski definition) is 1. The van der Waals surface area contributed by atoms with Crippen molar-refractivity contribution in [1.82, 2.24) is 29.5 Å². The number of aromatic nitrogens is 6. The fourth-order valence-corrected chi connectivity index (χ4v) is 4.23. The first kappa shape index (κ1) is 20.4. The van der Waals surface area contributed by atoms with E-state index in [-0.39, 0.29) is 11.7 Å². The largest absolute Gasteiger partial charge is 0.310 e. The molecule has 0 saturated heterocycles. The number of thioether (sulfide) groups is 1. The van der Waals surface area contributed by atoms with Crippen LogP contribution in [0.2, 0.25) is 0 Å². The third-order valence-corrected chi connectivity index (χ3v) is 6.24. The second kappa shape index (κ2) is 8.96. The summed E-state index contributed by atoms with van der Waals surface area (Å²) in [6.07, 6.45) is 7.75. The molecule has 9 heteroatoms. The average molecular weight is 446 g/mol. The van der Waals surface area contributed by atoms with Crippen LogP contribution < -0.4 is 5.32 Å². The number of nitrogens with zero attached hydrogens (tertiary/aromatic N) is 6. The predicted molar refractivity (Wildman–Crippen MR) is 124 cm³/mol. The van der Waals surface area contributed by atoms with Crippen molar-refractivity contribution in [2.45, 2.75) is 31.5 Å². The Morgan fingerprint density at radius 3 is 2.72 bits per heavy atom. The van der Waals surface area contributed by atoms with Gasteiger partial charge in [0.25, 0.3) is 0 Å². The summed E-state index contributed by atoms with van der Waals surface area (Å²) in [5.74, 6) is 2.26. The molecule has 3 aromatic heterocycles. The van der Waals surface area contributed by atoms with E-state index in [4.69, 9.17) is 0 Å². The second-order valence-electron chi connectivity index (χ2n) is 7.86. The minimum atomic E-state index is -0.0961. The molecular weight excluding hydrogens is 422 g/mol. The Kier molecular flexibility index (Phi) is 5.72. The molecule has 1 saturated carbocycles. The number of para-hydroxylation sites is 1. The summed E-state index contributed by atoms with van der Waals surface area (Å²) >= 11 is 1.35. The van der Waals surface area contributed by atoms with E-state index in [1.165, 1.54) is 24.6 Å². The van der Waals surface area contributed by atoms with Crippen LogP contribution in [-0.2, 0) is 11.3 Å². The topological polar surface area (TPSA) is 90.5 Å². The lowest BCUT2D eigenvalue weighted by Gasteiger charge is -2.11. The Labute approximate surface area is 190 Å². The lowest BCUT2D eigenvalue weighted by atomic mass is 10.2. The molecule has 0 aliphatic heterocycles. The molecule has 0 bridgehead atoms. The highest BCUT2D eigenvalue weighted by molar-refractivity contribution is 7.99. The molecule has 8 nitrogen and oxygen atoms in total. The van der Waals surface area contributed by atoms with Crippen LogP contribution in [0.15, 0.2) is 66.2 Å². The number of aryl methyl sites for hydroxylation is 1. The van der Waals surface area contributed by atoms with Crippen LogP contribution >= 0.6 is 11.8 Å². The van der Waals surface area contributed by atoms with E-state index >= 15 is 0 Å². The molecule has 3 heterocycles. The Bertz CT molecular complexity index is 1220. The zero-order chi connectivity index (χ0) is 21.9. The highest BCUT2D eigenvalue weighted by atomic mass is 32.2. The molecule has 1 amide bonds. The normalized spacial score (nSPS) is 13.3. The molecule has 0 radical (unpaired) electrons. The maximum atomic E-state index is 12.8. The van der Waals surface area contributed by atoms with Gasteiger partial charge in [-0.3, -0.25) is 14.3 Å². The van der Waals surface area contributed by atoms with Crippen LogP contribution in [0.1, 0.15) is 18.4 Å². The van der Waals surface area contributed by atoms with Crippen LogP contribution in [0.3, 0.4) is 0 Å². The molecule has 5 rings (SSSR count). The standard InChI is InChI=1S/C23H23N7OS/c1-16-12-25-29(14-17-9-10-17)21(16)26-20(31)15-32-23-28-27-22(18-6-5-11-24-13-18)30(23)19-7-3-2-4-8-19/h2-8,11-13,17H,9-10,14-15H2,1H3,(H,26,31). The van der Waals surface area contributed by atoms with Crippen LogP contribution in [0.25, 0.3) is 17.1 Å². The molecular formula is C23H23N7OS. The highest BCUT2D eigenvalue weighted by Crippen LogP contribution is 2.32. The number of benzene rings is 1. The van der Waals surface area contributed by atoms with Crippen molar-refractivity contribution in [3.63, 3.8) is 0 Å². The Balaban J connectivity index is 1.35. The van der Waals surface area contributed by atoms with E-state index in [1.54, 1.807) is 18.6 Å². The molecule has 1 aliphatic carbocycles. The van der Waals surface area contributed by atoms with Crippen molar-refractivity contribution in [3.8, 4) is 17.1 Å². The lowest BCUT2D eigenvalue weighted by molar-refractivity contribution is -0.113. The van der Waals surface area contributed by atoms with Crippen LogP contribution in [0.4, 0.5) is 5.82 Å². The molecule has 1 aromatic carbocycles. The molecule has 4 aromatic rings. The highest BCUT2D eigenvalue weighted by Gasteiger charge is 2.24. The molecule has 0 atom stereocenters. The molecule has 1 fully saturated rings. The van der Waals surface area contributed by atoms with Gasteiger partial charge in [-0.15, -0.1) is 10.2 Å². The van der Waals surface area contributed by atoms with E-state index in [0.29, 0.717) is 16.9 Å². The van der Waals surface area contributed by atoms with E-state index in [0.717, 1.165) is 29.2 Å². The minimum Gasteiger partial charge on any atom is -0.310 e. The molecule has 162 valence electrons. The van der Waals surface area contributed by atoms with Crippen molar-refractivity contribution in [3.05, 3.63) is 66.6 Å². The van der Waals surface area contributed by atoms with Gasteiger partial charge in [-0.2, -0.15) is 5.10 Å². The maximum absolute atomic E-state index is 12.8. The zero-order valence-electron chi connectivity index (χ0n) is 17.7. The Morgan fingerprint density at radius 2 is 1.97 bits per heavy atom. The number of nitrogens with one attached hydrogen (secondary N) is 1. The third-order valence-electron chi connectivity index (χ3n) is 5.31. The second-order valence-corrected chi connectivity index (χ2v) is 8.80. The first-order valence-electron chi connectivity index (χ1n) is 10.6. The number of anilines is 1. The summed E-state index contributed by atoms with van der Waals surface area (Å²) in [4.78, 5) is 17.0. The third kappa shape index (κ3) is 4.43. The van der Waals surface area contributed by atoms with Gasteiger partial charge in [0.05, 0.1) is 11.9 Å². The smallest absolute Gasteiger partial charge is 0.236 e. The Morgan fingerprint density at radius 1 is 1.12 bits per heavy atom. The van der Waals surface area contributed by atoms with Gasteiger partial charge in [-0.25, -0.2) is 4.68 Å².